The van der Waals surface area contributed by atoms with Crippen molar-refractivity contribution in [1.82, 2.24) is 0 Å². The molecule has 0 aromatic carbocycles. The van der Waals surface area contributed by atoms with E-state index < -0.39 is 0 Å². The molecule has 4 nitrogen and oxygen atoms in total. The van der Waals surface area contributed by atoms with Crippen molar-refractivity contribution in [2.75, 3.05) is 13.2 Å². The van der Waals surface area contributed by atoms with Gasteiger partial charge in [0.05, 0.1) is 13.2 Å². The van der Waals surface area contributed by atoms with Crippen LogP contribution in [-0.2, 0) is 19.1 Å². The molecule has 0 spiro atoms. The molecular formula is C25H42O4. The second kappa shape index (κ2) is 13.6. The van der Waals surface area contributed by atoms with Crippen LogP contribution in [0.25, 0.3) is 0 Å². The van der Waals surface area contributed by atoms with Crippen LogP contribution in [0.1, 0.15) is 85.0 Å². The fraction of sp³-hybridized carbons (Fsp3) is 0.760. The van der Waals surface area contributed by atoms with Gasteiger partial charge in [-0.25, -0.2) is 9.59 Å². The Balaban J connectivity index is 2.56. The summed E-state index contributed by atoms with van der Waals surface area (Å²) in [4.78, 5) is 22.8. The van der Waals surface area contributed by atoms with Crippen molar-refractivity contribution in [3.8, 4) is 0 Å². The summed E-state index contributed by atoms with van der Waals surface area (Å²) in [7, 11) is 0. The first kappa shape index (κ1) is 25.5. The Kier molecular flexibility index (Phi) is 11.9. The van der Waals surface area contributed by atoms with Crippen LogP contribution in [-0.4, -0.2) is 25.2 Å². The minimum Gasteiger partial charge on any atom is -0.463 e. The van der Waals surface area contributed by atoms with Gasteiger partial charge in [-0.15, -0.1) is 0 Å². The minimum absolute atomic E-state index is 0.0780. The molecule has 4 heteroatoms. The lowest BCUT2D eigenvalue weighted by Crippen LogP contribution is -2.32. The average Bonchev–Trinajstić information content (AvgIpc) is 2.72. The standard InChI is InChI=1S/C25H42O4/c1-6-9-20(4)10-11-21(5)22-12-14-25(15-13-22,16-18-28-23(26)7-2)17-19-29-24(27)8-3/h7-8,20-22H,2-3,6,9-19H2,1,4-5H3. The number of carbonyl (C=O) groups excluding carboxylic acids is 2. The predicted octanol–water partition coefficient (Wildman–Crippen LogP) is 6.25. The Hall–Kier alpha value is -1.58. The molecule has 0 saturated heterocycles. The summed E-state index contributed by atoms with van der Waals surface area (Å²) in [5.74, 6) is 1.60. The van der Waals surface area contributed by atoms with Crippen LogP contribution < -0.4 is 0 Å². The van der Waals surface area contributed by atoms with Gasteiger partial charge in [-0.3, -0.25) is 0 Å². The highest BCUT2D eigenvalue weighted by Gasteiger charge is 2.36. The molecule has 0 aromatic rings. The van der Waals surface area contributed by atoms with Crippen molar-refractivity contribution in [2.24, 2.45) is 23.2 Å². The van der Waals surface area contributed by atoms with Gasteiger partial charge in [0.25, 0.3) is 0 Å². The van der Waals surface area contributed by atoms with E-state index >= 15 is 0 Å². The third-order valence-electron chi connectivity index (χ3n) is 6.88. The quantitative estimate of drug-likeness (QED) is 0.252. The molecule has 0 bridgehead atoms. The van der Waals surface area contributed by atoms with Crippen LogP contribution in [0.5, 0.6) is 0 Å². The number of hydrogen-bond donors (Lipinski definition) is 0. The highest BCUT2D eigenvalue weighted by molar-refractivity contribution is 5.81. The zero-order valence-corrected chi connectivity index (χ0v) is 18.9. The van der Waals surface area contributed by atoms with Gasteiger partial charge in [0, 0.05) is 12.2 Å². The van der Waals surface area contributed by atoms with Crippen molar-refractivity contribution >= 4 is 11.9 Å². The summed E-state index contributed by atoms with van der Waals surface area (Å²) < 4.78 is 10.5. The van der Waals surface area contributed by atoms with Gasteiger partial charge >= 0.3 is 11.9 Å². The first-order chi connectivity index (χ1) is 13.9. The SMILES string of the molecule is C=CC(=O)OCCC1(CCOC(=O)C=C)CCC(C(C)CCC(C)CCC)CC1. The van der Waals surface area contributed by atoms with Crippen molar-refractivity contribution in [1.29, 1.82) is 0 Å². The first-order valence-corrected chi connectivity index (χ1v) is 11.4. The van der Waals surface area contributed by atoms with E-state index in [1.165, 1.54) is 50.7 Å². The van der Waals surface area contributed by atoms with Crippen LogP contribution in [0, 0.1) is 23.2 Å². The maximum Gasteiger partial charge on any atom is 0.330 e. The van der Waals surface area contributed by atoms with E-state index in [1.54, 1.807) is 0 Å². The molecule has 2 atom stereocenters. The molecular weight excluding hydrogens is 364 g/mol. The zero-order chi connectivity index (χ0) is 21.7. The van der Waals surface area contributed by atoms with E-state index in [1.807, 2.05) is 0 Å². The van der Waals surface area contributed by atoms with Crippen LogP contribution >= 0.6 is 0 Å². The van der Waals surface area contributed by atoms with Crippen LogP contribution in [0.4, 0.5) is 0 Å². The fourth-order valence-corrected chi connectivity index (χ4v) is 4.72. The molecule has 1 rings (SSSR count). The Labute approximate surface area is 178 Å². The van der Waals surface area contributed by atoms with Gasteiger partial charge in [0.2, 0.25) is 0 Å². The Morgan fingerprint density at radius 3 is 1.93 bits per heavy atom. The highest BCUT2D eigenvalue weighted by atomic mass is 16.5. The zero-order valence-electron chi connectivity index (χ0n) is 18.9. The number of carbonyl (C=O) groups is 2. The second-order valence-corrected chi connectivity index (χ2v) is 9.03. The summed E-state index contributed by atoms with van der Waals surface area (Å²) in [5.41, 5.74) is 0.0780. The molecule has 1 aliphatic rings. The summed E-state index contributed by atoms with van der Waals surface area (Å²) in [6, 6.07) is 0. The molecule has 1 aliphatic carbocycles. The normalized spacial score (nSPS) is 18.4. The van der Waals surface area contributed by atoms with Crippen molar-refractivity contribution in [3.63, 3.8) is 0 Å². The van der Waals surface area contributed by atoms with E-state index in [4.69, 9.17) is 9.47 Å². The number of rotatable bonds is 14. The summed E-state index contributed by atoms with van der Waals surface area (Å²) in [6.45, 7) is 14.7. The third kappa shape index (κ3) is 9.64. The minimum atomic E-state index is -0.373. The Morgan fingerprint density at radius 1 is 0.966 bits per heavy atom. The van der Waals surface area contributed by atoms with Crippen LogP contribution in [0.15, 0.2) is 25.3 Å². The van der Waals surface area contributed by atoms with Gasteiger partial charge in [0.1, 0.15) is 0 Å². The molecule has 0 N–H and O–H groups in total. The van der Waals surface area contributed by atoms with Crippen molar-refractivity contribution in [2.45, 2.75) is 85.0 Å². The summed E-state index contributed by atoms with van der Waals surface area (Å²) >= 11 is 0. The van der Waals surface area contributed by atoms with E-state index in [-0.39, 0.29) is 17.4 Å². The second-order valence-electron chi connectivity index (χ2n) is 9.03. The highest BCUT2D eigenvalue weighted by Crippen LogP contribution is 2.47. The molecule has 0 radical (unpaired) electrons. The van der Waals surface area contributed by atoms with Gasteiger partial charge in [0.15, 0.2) is 0 Å². The van der Waals surface area contributed by atoms with Gasteiger partial charge in [-0.2, -0.15) is 0 Å². The largest absolute Gasteiger partial charge is 0.463 e. The molecule has 1 saturated carbocycles. The predicted molar refractivity (Wildman–Crippen MR) is 118 cm³/mol. The van der Waals surface area contributed by atoms with E-state index in [9.17, 15) is 9.59 Å². The molecule has 29 heavy (non-hydrogen) atoms. The Bertz CT molecular complexity index is 489. The lowest BCUT2D eigenvalue weighted by Gasteiger charge is -2.42. The molecule has 0 aromatic heterocycles. The average molecular weight is 407 g/mol. The molecule has 0 aliphatic heterocycles. The maximum absolute atomic E-state index is 11.4. The van der Waals surface area contributed by atoms with Crippen molar-refractivity contribution in [3.05, 3.63) is 25.3 Å². The molecule has 2 unspecified atom stereocenters. The Morgan fingerprint density at radius 2 is 1.48 bits per heavy atom. The maximum atomic E-state index is 11.4. The lowest BCUT2D eigenvalue weighted by atomic mass is 9.64. The summed E-state index contributed by atoms with van der Waals surface area (Å²) in [5, 5.41) is 0. The molecule has 0 heterocycles. The number of esters is 2. The summed E-state index contributed by atoms with van der Waals surface area (Å²) in [6.07, 6.45) is 13.9. The van der Waals surface area contributed by atoms with Crippen molar-refractivity contribution < 1.29 is 19.1 Å². The monoisotopic (exact) mass is 406 g/mol. The molecule has 166 valence electrons. The van der Waals surface area contributed by atoms with E-state index in [2.05, 4.69) is 33.9 Å². The van der Waals surface area contributed by atoms with Crippen LogP contribution in [0.3, 0.4) is 0 Å². The molecule has 1 fully saturated rings. The van der Waals surface area contributed by atoms with Gasteiger partial charge in [-0.1, -0.05) is 59.6 Å². The number of hydrogen-bond acceptors (Lipinski definition) is 4. The van der Waals surface area contributed by atoms with Crippen LogP contribution in [0.2, 0.25) is 0 Å². The third-order valence-corrected chi connectivity index (χ3v) is 6.88. The van der Waals surface area contributed by atoms with Gasteiger partial charge < -0.3 is 9.47 Å². The lowest BCUT2D eigenvalue weighted by molar-refractivity contribution is -0.139. The van der Waals surface area contributed by atoms with Gasteiger partial charge in [-0.05, 0) is 61.7 Å². The smallest absolute Gasteiger partial charge is 0.330 e. The molecule has 0 amide bonds. The first-order valence-electron chi connectivity index (χ1n) is 11.4. The van der Waals surface area contributed by atoms with E-state index in [0.717, 1.165) is 43.4 Å². The topological polar surface area (TPSA) is 52.6 Å². The van der Waals surface area contributed by atoms with E-state index in [0.29, 0.717) is 13.2 Å². The number of ether oxygens (including phenoxy) is 2. The fourth-order valence-electron chi connectivity index (χ4n) is 4.72.